The lowest BCUT2D eigenvalue weighted by molar-refractivity contribution is 0.153. The van der Waals surface area contributed by atoms with E-state index in [9.17, 15) is 0 Å². The van der Waals surface area contributed by atoms with Crippen LogP contribution in [0, 0.1) is 0 Å². The summed E-state index contributed by atoms with van der Waals surface area (Å²) in [5, 5.41) is 0. The first-order chi connectivity index (χ1) is 9.21. The van der Waals surface area contributed by atoms with Crippen LogP contribution in [0.5, 0.6) is 0 Å². The van der Waals surface area contributed by atoms with E-state index in [1.165, 1.54) is 0 Å². The highest BCUT2D eigenvalue weighted by Crippen LogP contribution is 2.26. The Balaban J connectivity index is 2.58. The normalized spacial score (nSPS) is 13.1. The molecule has 2 rings (SSSR count). The lowest BCUT2D eigenvalue weighted by atomic mass is 10.2. The lowest BCUT2D eigenvalue weighted by Crippen LogP contribution is -2.17. The molecule has 0 aliphatic carbocycles. The summed E-state index contributed by atoms with van der Waals surface area (Å²) in [6, 6.07) is 6.45. The second-order valence-corrected chi connectivity index (χ2v) is 5.78. The van der Waals surface area contributed by atoms with Gasteiger partial charge in [-0.1, -0.05) is 22.9 Å². The first-order valence-corrected chi connectivity index (χ1v) is 7.75. The monoisotopic (exact) mass is 344 g/mol. The van der Waals surface area contributed by atoms with Gasteiger partial charge in [-0.25, -0.2) is 4.98 Å². The quantitative estimate of drug-likeness (QED) is 0.734. The van der Waals surface area contributed by atoms with Crippen molar-refractivity contribution in [3.63, 3.8) is 0 Å². The van der Waals surface area contributed by atoms with E-state index < -0.39 is 0 Å². The number of hydrogen-bond donors (Lipinski definition) is 0. The van der Waals surface area contributed by atoms with Crippen LogP contribution in [0.1, 0.15) is 25.2 Å². The third kappa shape index (κ3) is 3.12. The van der Waals surface area contributed by atoms with Crippen molar-refractivity contribution in [3.05, 3.63) is 28.5 Å². The fraction of sp³-hybridized carbons (Fsp3) is 0.500. The summed E-state index contributed by atoms with van der Waals surface area (Å²) in [6.07, 6.45) is 1.77. The standard InChI is InChI=1S/C14H18BrClN2O/c1-3-11(9-19-2)18-13-8-10(15)4-5-12(13)17-14(18)6-7-16/h4-5,8,11H,3,6-7,9H2,1-2H3. The van der Waals surface area contributed by atoms with Gasteiger partial charge in [-0.15, -0.1) is 11.6 Å². The Hall–Kier alpha value is -0.580. The molecule has 1 atom stereocenters. The van der Waals surface area contributed by atoms with E-state index in [1.54, 1.807) is 7.11 Å². The number of ether oxygens (including phenoxy) is 1. The zero-order valence-electron chi connectivity index (χ0n) is 11.2. The van der Waals surface area contributed by atoms with Crippen LogP contribution in [0.25, 0.3) is 11.0 Å². The molecule has 1 aromatic carbocycles. The highest BCUT2D eigenvalue weighted by atomic mass is 79.9. The number of halogens is 2. The smallest absolute Gasteiger partial charge is 0.111 e. The number of aromatic nitrogens is 2. The van der Waals surface area contributed by atoms with Gasteiger partial charge in [0.25, 0.3) is 0 Å². The molecular formula is C14H18BrClN2O. The molecule has 0 saturated heterocycles. The first-order valence-electron chi connectivity index (χ1n) is 6.42. The third-order valence-electron chi connectivity index (χ3n) is 3.24. The number of aryl methyl sites for hydroxylation is 1. The minimum absolute atomic E-state index is 0.294. The number of rotatable bonds is 6. The molecular weight excluding hydrogens is 328 g/mol. The molecule has 2 aromatic rings. The number of imidazole rings is 1. The largest absolute Gasteiger partial charge is 0.383 e. The van der Waals surface area contributed by atoms with Crippen molar-refractivity contribution in [2.45, 2.75) is 25.8 Å². The molecule has 1 aromatic heterocycles. The molecule has 0 amide bonds. The molecule has 0 aliphatic heterocycles. The Labute approximate surface area is 127 Å². The number of alkyl halides is 1. The predicted molar refractivity (Wildman–Crippen MR) is 83.1 cm³/mol. The van der Waals surface area contributed by atoms with E-state index in [-0.39, 0.29) is 0 Å². The molecule has 19 heavy (non-hydrogen) atoms. The van der Waals surface area contributed by atoms with Gasteiger partial charge in [0, 0.05) is 23.9 Å². The molecule has 1 heterocycles. The SMILES string of the molecule is CCC(COC)n1c(CCCl)nc2ccc(Br)cc21. The Morgan fingerprint density at radius 3 is 2.89 bits per heavy atom. The molecule has 0 aliphatic rings. The molecule has 1 unspecified atom stereocenters. The highest BCUT2D eigenvalue weighted by Gasteiger charge is 2.17. The zero-order valence-corrected chi connectivity index (χ0v) is 13.5. The number of benzene rings is 1. The summed E-state index contributed by atoms with van der Waals surface area (Å²) in [5.41, 5.74) is 2.15. The first kappa shape index (κ1) is 14.8. The maximum absolute atomic E-state index is 5.90. The molecule has 5 heteroatoms. The van der Waals surface area contributed by atoms with Gasteiger partial charge in [-0.05, 0) is 24.6 Å². The molecule has 0 spiro atoms. The van der Waals surface area contributed by atoms with Crippen LogP contribution in [0.15, 0.2) is 22.7 Å². The van der Waals surface area contributed by atoms with Crippen molar-refractivity contribution < 1.29 is 4.74 Å². The van der Waals surface area contributed by atoms with Gasteiger partial charge in [0.15, 0.2) is 0 Å². The Kier molecular flexibility index (Phi) is 5.25. The predicted octanol–water partition coefficient (Wildman–Crippen LogP) is 4.18. The van der Waals surface area contributed by atoms with E-state index in [1.807, 2.05) is 12.1 Å². The molecule has 0 fully saturated rings. The van der Waals surface area contributed by atoms with E-state index in [4.69, 9.17) is 21.3 Å². The summed E-state index contributed by atoms with van der Waals surface area (Å²) < 4.78 is 8.67. The number of nitrogens with zero attached hydrogens (tertiary/aromatic N) is 2. The van der Waals surface area contributed by atoms with Crippen LogP contribution in [0.3, 0.4) is 0 Å². The fourth-order valence-electron chi connectivity index (χ4n) is 2.35. The van der Waals surface area contributed by atoms with Gasteiger partial charge in [-0.2, -0.15) is 0 Å². The minimum atomic E-state index is 0.294. The number of fused-ring (bicyclic) bond motifs is 1. The van der Waals surface area contributed by atoms with Crippen molar-refractivity contribution in [2.75, 3.05) is 19.6 Å². The van der Waals surface area contributed by atoms with Crippen molar-refractivity contribution in [1.29, 1.82) is 0 Å². The van der Waals surface area contributed by atoms with Crippen molar-refractivity contribution in [1.82, 2.24) is 9.55 Å². The molecule has 0 radical (unpaired) electrons. The van der Waals surface area contributed by atoms with Gasteiger partial charge in [-0.3, -0.25) is 0 Å². The van der Waals surface area contributed by atoms with Gasteiger partial charge in [0.2, 0.25) is 0 Å². The van der Waals surface area contributed by atoms with Crippen molar-refractivity contribution in [3.8, 4) is 0 Å². The van der Waals surface area contributed by atoms with Gasteiger partial charge >= 0.3 is 0 Å². The van der Waals surface area contributed by atoms with Crippen LogP contribution < -0.4 is 0 Å². The lowest BCUT2D eigenvalue weighted by Gasteiger charge is -2.19. The average Bonchev–Trinajstić information content (AvgIpc) is 2.74. The topological polar surface area (TPSA) is 27.1 Å². The Bertz CT molecular complexity index is 556. The van der Waals surface area contributed by atoms with Crippen molar-refractivity contribution >= 4 is 38.6 Å². The maximum Gasteiger partial charge on any atom is 0.111 e. The van der Waals surface area contributed by atoms with Crippen LogP contribution in [-0.4, -0.2) is 29.1 Å². The molecule has 0 bridgehead atoms. The summed E-state index contributed by atoms with van der Waals surface area (Å²) in [7, 11) is 1.74. The number of hydrogen-bond acceptors (Lipinski definition) is 2. The summed E-state index contributed by atoms with van der Waals surface area (Å²) in [4.78, 5) is 4.70. The zero-order chi connectivity index (χ0) is 13.8. The summed E-state index contributed by atoms with van der Waals surface area (Å²) in [6.45, 7) is 2.85. The summed E-state index contributed by atoms with van der Waals surface area (Å²) in [5.74, 6) is 1.61. The Morgan fingerprint density at radius 1 is 1.47 bits per heavy atom. The van der Waals surface area contributed by atoms with Crippen LogP contribution in [0.4, 0.5) is 0 Å². The average molecular weight is 346 g/mol. The molecule has 104 valence electrons. The highest BCUT2D eigenvalue weighted by molar-refractivity contribution is 9.10. The third-order valence-corrected chi connectivity index (χ3v) is 3.92. The molecule has 0 N–H and O–H groups in total. The van der Waals surface area contributed by atoms with Gasteiger partial charge in [0.05, 0.1) is 23.7 Å². The Morgan fingerprint density at radius 2 is 2.26 bits per heavy atom. The van der Waals surface area contributed by atoms with Gasteiger partial charge < -0.3 is 9.30 Å². The second-order valence-electron chi connectivity index (χ2n) is 4.49. The molecule has 3 nitrogen and oxygen atoms in total. The van der Waals surface area contributed by atoms with Crippen LogP contribution in [0.2, 0.25) is 0 Å². The minimum Gasteiger partial charge on any atom is -0.383 e. The second kappa shape index (κ2) is 6.73. The fourth-order valence-corrected chi connectivity index (χ4v) is 2.87. The van der Waals surface area contributed by atoms with E-state index in [0.29, 0.717) is 18.5 Å². The molecule has 0 saturated carbocycles. The number of methoxy groups -OCH3 is 1. The van der Waals surface area contributed by atoms with E-state index in [2.05, 4.69) is 33.5 Å². The van der Waals surface area contributed by atoms with E-state index in [0.717, 1.165) is 34.2 Å². The maximum atomic E-state index is 5.90. The van der Waals surface area contributed by atoms with E-state index >= 15 is 0 Å². The van der Waals surface area contributed by atoms with Gasteiger partial charge in [0.1, 0.15) is 5.82 Å². The van der Waals surface area contributed by atoms with Crippen LogP contribution >= 0.6 is 27.5 Å². The van der Waals surface area contributed by atoms with Crippen LogP contribution in [-0.2, 0) is 11.2 Å². The summed E-state index contributed by atoms with van der Waals surface area (Å²) >= 11 is 9.42. The van der Waals surface area contributed by atoms with Crippen molar-refractivity contribution in [2.24, 2.45) is 0 Å².